The number of aliphatic imine (C=N–C) groups is 1. The molecule has 1 saturated heterocycles. The second-order valence-corrected chi connectivity index (χ2v) is 7.96. The van der Waals surface area contributed by atoms with E-state index in [1.807, 2.05) is 0 Å². The lowest BCUT2D eigenvalue weighted by Gasteiger charge is -2.30. The first kappa shape index (κ1) is 21.0. The third-order valence-electron chi connectivity index (χ3n) is 5.66. The lowest BCUT2D eigenvalue weighted by atomic mass is 9.95. The molecule has 3 N–H and O–H groups in total. The van der Waals surface area contributed by atoms with E-state index in [-0.39, 0.29) is 5.91 Å². The van der Waals surface area contributed by atoms with E-state index in [1.54, 1.807) is 7.05 Å². The minimum Gasteiger partial charge on any atom is -0.356 e. The molecule has 1 heterocycles. The number of hydrogen-bond donors (Lipinski definition) is 3. The molecular weight excluding hydrogens is 326 g/mol. The van der Waals surface area contributed by atoms with Crippen LogP contribution in [0.5, 0.6) is 0 Å². The zero-order valence-electron chi connectivity index (χ0n) is 16.9. The molecule has 0 bridgehead atoms. The number of hydrogen-bond acceptors (Lipinski definition) is 3. The molecule has 1 saturated carbocycles. The average Bonchev–Trinajstić information content (AvgIpc) is 2.66. The van der Waals surface area contributed by atoms with Crippen molar-refractivity contribution in [3.05, 3.63) is 0 Å². The van der Waals surface area contributed by atoms with Crippen molar-refractivity contribution < 1.29 is 4.79 Å². The summed E-state index contributed by atoms with van der Waals surface area (Å²) in [5.74, 6) is 1.84. The zero-order valence-corrected chi connectivity index (χ0v) is 16.9. The van der Waals surface area contributed by atoms with Crippen LogP contribution in [0.4, 0.5) is 0 Å². The Hall–Kier alpha value is -1.30. The summed E-state index contributed by atoms with van der Waals surface area (Å²) in [7, 11) is 1.78. The molecule has 0 radical (unpaired) electrons. The Morgan fingerprint density at radius 3 is 2.42 bits per heavy atom. The number of nitrogens with zero attached hydrogens (tertiary/aromatic N) is 2. The summed E-state index contributed by atoms with van der Waals surface area (Å²) in [5, 5.41) is 9.76. The smallest absolute Gasteiger partial charge is 0.221 e. The summed E-state index contributed by atoms with van der Waals surface area (Å²) in [5.41, 5.74) is 0. The highest BCUT2D eigenvalue weighted by atomic mass is 16.1. The fraction of sp³-hybridized carbons (Fsp3) is 0.900. The molecule has 1 amide bonds. The predicted octanol–water partition coefficient (Wildman–Crippen LogP) is 2.11. The van der Waals surface area contributed by atoms with E-state index in [9.17, 15) is 4.79 Å². The van der Waals surface area contributed by atoms with Crippen LogP contribution in [0.25, 0.3) is 0 Å². The Kier molecular flexibility index (Phi) is 9.82. The molecule has 150 valence electrons. The molecule has 6 nitrogen and oxygen atoms in total. The largest absolute Gasteiger partial charge is 0.356 e. The van der Waals surface area contributed by atoms with Crippen LogP contribution in [0.15, 0.2) is 4.99 Å². The molecule has 1 aliphatic heterocycles. The number of nitrogens with one attached hydrogen (secondary N) is 3. The third-order valence-corrected chi connectivity index (χ3v) is 5.66. The van der Waals surface area contributed by atoms with Crippen molar-refractivity contribution in [1.29, 1.82) is 0 Å². The van der Waals surface area contributed by atoms with E-state index >= 15 is 0 Å². The minimum atomic E-state index is 0.152. The van der Waals surface area contributed by atoms with Gasteiger partial charge in [-0.25, -0.2) is 0 Å². The fourth-order valence-electron chi connectivity index (χ4n) is 3.86. The van der Waals surface area contributed by atoms with Crippen LogP contribution < -0.4 is 16.0 Å². The summed E-state index contributed by atoms with van der Waals surface area (Å²) in [6, 6.07) is 0.395. The van der Waals surface area contributed by atoms with Crippen molar-refractivity contribution in [2.24, 2.45) is 10.9 Å². The number of guanidine groups is 1. The highest BCUT2D eigenvalue weighted by Gasteiger charge is 2.16. The Morgan fingerprint density at radius 2 is 1.73 bits per heavy atom. The lowest BCUT2D eigenvalue weighted by molar-refractivity contribution is -0.121. The molecule has 2 fully saturated rings. The van der Waals surface area contributed by atoms with Gasteiger partial charge in [-0.3, -0.25) is 9.79 Å². The Labute approximate surface area is 159 Å². The maximum atomic E-state index is 12.0. The first-order chi connectivity index (χ1) is 12.7. The standard InChI is InChI=1S/C20H39N5O/c1-17-10-15-25(16-11-17)14-6-12-22-20(21-2)23-13-9-19(26)24-18-7-4-3-5-8-18/h17-18H,3-16H2,1-2H3,(H,24,26)(H2,21,22,23). The molecule has 0 spiro atoms. The maximum absolute atomic E-state index is 12.0. The SMILES string of the molecule is CN=C(NCCCN1CCC(C)CC1)NCCC(=O)NC1CCCCC1. The topological polar surface area (TPSA) is 68.8 Å². The Bertz CT molecular complexity index is 426. The van der Waals surface area contributed by atoms with Crippen molar-refractivity contribution >= 4 is 11.9 Å². The molecule has 2 aliphatic rings. The molecule has 0 aromatic carbocycles. The summed E-state index contributed by atoms with van der Waals surface area (Å²) >= 11 is 0. The molecule has 0 unspecified atom stereocenters. The molecule has 0 aromatic heterocycles. The van der Waals surface area contributed by atoms with Crippen LogP contribution >= 0.6 is 0 Å². The minimum absolute atomic E-state index is 0.152. The second-order valence-electron chi connectivity index (χ2n) is 7.96. The van der Waals surface area contributed by atoms with Gasteiger partial charge < -0.3 is 20.9 Å². The Balaban J connectivity index is 1.50. The van der Waals surface area contributed by atoms with Gasteiger partial charge in [0, 0.05) is 32.6 Å². The van der Waals surface area contributed by atoms with Gasteiger partial charge >= 0.3 is 0 Å². The van der Waals surface area contributed by atoms with Crippen LogP contribution in [0.3, 0.4) is 0 Å². The van der Waals surface area contributed by atoms with Gasteiger partial charge in [-0.1, -0.05) is 26.2 Å². The molecular formula is C20H39N5O. The summed E-state index contributed by atoms with van der Waals surface area (Å²) in [6.45, 7) is 7.53. The van der Waals surface area contributed by atoms with E-state index in [1.165, 1.54) is 45.2 Å². The van der Waals surface area contributed by atoms with Crippen LogP contribution in [-0.2, 0) is 4.79 Å². The van der Waals surface area contributed by atoms with Crippen LogP contribution in [0.1, 0.15) is 64.7 Å². The van der Waals surface area contributed by atoms with Crippen molar-refractivity contribution in [2.45, 2.75) is 70.8 Å². The number of carbonyl (C=O) groups is 1. The van der Waals surface area contributed by atoms with Crippen molar-refractivity contribution in [3.63, 3.8) is 0 Å². The summed E-state index contributed by atoms with van der Waals surface area (Å²) in [6.07, 6.45) is 10.4. The van der Waals surface area contributed by atoms with Crippen LogP contribution in [0.2, 0.25) is 0 Å². The first-order valence-electron chi connectivity index (χ1n) is 10.6. The molecule has 0 atom stereocenters. The highest BCUT2D eigenvalue weighted by molar-refractivity contribution is 5.81. The van der Waals surface area contributed by atoms with E-state index in [4.69, 9.17) is 0 Å². The third kappa shape index (κ3) is 8.39. The normalized spacial score (nSPS) is 20.8. The van der Waals surface area contributed by atoms with E-state index in [0.717, 1.165) is 44.2 Å². The Morgan fingerprint density at radius 1 is 1.04 bits per heavy atom. The molecule has 1 aliphatic carbocycles. The van der Waals surface area contributed by atoms with Gasteiger partial charge in [0.1, 0.15) is 0 Å². The first-order valence-corrected chi connectivity index (χ1v) is 10.6. The molecule has 26 heavy (non-hydrogen) atoms. The van der Waals surface area contributed by atoms with Crippen LogP contribution in [0, 0.1) is 5.92 Å². The maximum Gasteiger partial charge on any atom is 0.221 e. The van der Waals surface area contributed by atoms with E-state index < -0.39 is 0 Å². The van der Waals surface area contributed by atoms with Crippen molar-refractivity contribution in [3.8, 4) is 0 Å². The summed E-state index contributed by atoms with van der Waals surface area (Å²) < 4.78 is 0. The van der Waals surface area contributed by atoms with Gasteiger partial charge in [-0.2, -0.15) is 0 Å². The van der Waals surface area contributed by atoms with Crippen LogP contribution in [-0.4, -0.2) is 62.6 Å². The van der Waals surface area contributed by atoms with Crippen molar-refractivity contribution in [2.75, 3.05) is 39.8 Å². The monoisotopic (exact) mass is 365 g/mol. The van der Waals surface area contributed by atoms with Gasteiger partial charge in [-0.05, 0) is 57.7 Å². The summed E-state index contributed by atoms with van der Waals surface area (Å²) in [4.78, 5) is 18.8. The van der Waals surface area contributed by atoms with E-state index in [2.05, 4.69) is 32.8 Å². The fourth-order valence-corrected chi connectivity index (χ4v) is 3.86. The quantitative estimate of drug-likeness (QED) is 0.350. The second kappa shape index (κ2) is 12.2. The highest BCUT2D eigenvalue weighted by Crippen LogP contribution is 2.17. The van der Waals surface area contributed by atoms with E-state index in [0.29, 0.717) is 19.0 Å². The number of likely N-dealkylation sites (tertiary alicyclic amines) is 1. The van der Waals surface area contributed by atoms with Crippen molar-refractivity contribution in [1.82, 2.24) is 20.9 Å². The number of piperidine rings is 1. The van der Waals surface area contributed by atoms with Gasteiger partial charge in [0.05, 0.1) is 0 Å². The number of carbonyl (C=O) groups excluding carboxylic acids is 1. The number of rotatable bonds is 8. The van der Waals surface area contributed by atoms with Gasteiger partial charge in [0.15, 0.2) is 5.96 Å². The molecule has 0 aromatic rings. The van der Waals surface area contributed by atoms with Gasteiger partial charge in [-0.15, -0.1) is 0 Å². The molecule has 2 rings (SSSR count). The predicted molar refractivity (Wildman–Crippen MR) is 108 cm³/mol. The lowest BCUT2D eigenvalue weighted by Crippen LogP contribution is -2.42. The van der Waals surface area contributed by atoms with Gasteiger partial charge in [0.25, 0.3) is 0 Å². The number of amides is 1. The molecule has 6 heteroatoms. The average molecular weight is 366 g/mol. The zero-order chi connectivity index (χ0) is 18.6. The van der Waals surface area contributed by atoms with Gasteiger partial charge in [0.2, 0.25) is 5.91 Å².